The maximum atomic E-state index is 12.1. The van der Waals surface area contributed by atoms with E-state index >= 15 is 0 Å². The van der Waals surface area contributed by atoms with E-state index in [0.717, 1.165) is 17.7 Å². The topological polar surface area (TPSA) is 58.6 Å². The summed E-state index contributed by atoms with van der Waals surface area (Å²) in [6.07, 6.45) is 2.31. The van der Waals surface area contributed by atoms with E-state index in [1.165, 1.54) is 0 Å². The third-order valence-corrected chi connectivity index (χ3v) is 4.55. The van der Waals surface area contributed by atoms with E-state index in [-0.39, 0.29) is 18.1 Å². The van der Waals surface area contributed by atoms with Crippen molar-refractivity contribution in [3.63, 3.8) is 0 Å². The van der Waals surface area contributed by atoms with Crippen molar-refractivity contribution in [1.82, 2.24) is 10.2 Å². The van der Waals surface area contributed by atoms with E-state index < -0.39 is 10.8 Å². The molecular formula is C15H22N2O3S. The van der Waals surface area contributed by atoms with E-state index in [4.69, 9.17) is 4.74 Å². The standard InChI is InChI=1S/C15H22N2O3S/c1-11(8-9-21(3)19)17-14(18)10-16-15(17)12-4-6-13(20-2)7-5-12/h4-7,11,15-16H,8-10H2,1-3H3. The van der Waals surface area contributed by atoms with Crippen LogP contribution in [0, 0.1) is 0 Å². The summed E-state index contributed by atoms with van der Waals surface area (Å²) in [6, 6.07) is 7.77. The van der Waals surface area contributed by atoms with Crippen LogP contribution in [-0.2, 0) is 15.6 Å². The van der Waals surface area contributed by atoms with Crippen LogP contribution in [0.15, 0.2) is 24.3 Å². The summed E-state index contributed by atoms with van der Waals surface area (Å²) in [5.41, 5.74) is 1.03. The molecule has 3 atom stereocenters. The van der Waals surface area contributed by atoms with Crippen LogP contribution in [0.2, 0.25) is 0 Å². The van der Waals surface area contributed by atoms with Gasteiger partial charge in [-0.3, -0.25) is 14.3 Å². The van der Waals surface area contributed by atoms with Crippen LogP contribution in [0.5, 0.6) is 5.75 Å². The minimum atomic E-state index is -0.832. The molecule has 2 rings (SSSR count). The second kappa shape index (κ2) is 7.04. The van der Waals surface area contributed by atoms with Crippen molar-refractivity contribution in [3.8, 4) is 5.75 Å². The van der Waals surface area contributed by atoms with Crippen LogP contribution in [0.3, 0.4) is 0 Å². The van der Waals surface area contributed by atoms with Gasteiger partial charge >= 0.3 is 0 Å². The molecular weight excluding hydrogens is 288 g/mol. The number of benzene rings is 1. The van der Waals surface area contributed by atoms with Gasteiger partial charge in [-0.05, 0) is 31.0 Å². The molecule has 1 heterocycles. The van der Waals surface area contributed by atoms with Gasteiger partial charge in [-0.2, -0.15) is 0 Å². The number of hydrogen-bond donors (Lipinski definition) is 1. The van der Waals surface area contributed by atoms with Crippen LogP contribution in [0.1, 0.15) is 25.1 Å². The zero-order valence-corrected chi connectivity index (χ0v) is 13.5. The number of nitrogens with zero attached hydrogens (tertiary/aromatic N) is 1. The summed E-state index contributed by atoms with van der Waals surface area (Å²) >= 11 is 0. The van der Waals surface area contributed by atoms with Gasteiger partial charge in [-0.15, -0.1) is 0 Å². The van der Waals surface area contributed by atoms with Crippen molar-refractivity contribution in [3.05, 3.63) is 29.8 Å². The van der Waals surface area contributed by atoms with Gasteiger partial charge in [0.05, 0.1) is 13.7 Å². The minimum absolute atomic E-state index is 0.0588. The molecule has 0 bridgehead atoms. The van der Waals surface area contributed by atoms with Gasteiger partial charge in [0.1, 0.15) is 11.9 Å². The van der Waals surface area contributed by atoms with Gasteiger partial charge in [-0.25, -0.2) is 0 Å². The Labute approximate surface area is 128 Å². The Morgan fingerprint density at radius 1 is 1.43 bits per heavy atom. The predicted octanol–water partition coefficient (Wildman–Crippen LogP) is 1.28. The average molecular weight is 310 g/mol. The van der Waals surface area contributed by atoms with Crippen molar-refractivity contribution >= 4 is 16.7 Å². The maximum absolute atomic E-state index is 12.1. The quantitative estimate of drug-likeness (QED) is 0.860. The monoisotopic (exact) mass is 310 g/mol. The molecule has 21 heavy (non-hydrogen) atoms. The van der Waals surface area contributed by atoms with Gasteiger partial charge in [-0.1, -0.05) is 12.1 Å². The molecule has 1 amide bonds. The van der Waals surface area contributed by atoms with Crippen molar-refractivity contribution < 1.29 is 13.7 Å². The fourth-order valence-electron chi connectivity index (χ4n) is 2.56. The molecule has 0 aromatic heterocycles. The number of ether oxygens (including phenoxy) is 1. The fourth-order valence-corrected chi connectivity index (χ4v) is 3.23. The Kier molecular flexibility index (Phi) is 5.36. The lowest BCUT2D eigenvalue weighted by atomic mass is 10.1. The molecule has 0 saturated carbocycles. The summed E-state index contributed by atoms with van der Waals surface area (Å²) in [5, 5.41) is 3.24. The summed E-state index contributed by atoms with van der Waals surface area (Å²) in [5.74, 6) is 1.49. The zero-order chi connectivity index (χ0) is 15.4. The molecule has 1 fully saturated rings. The molecule has 0 spiro atoms. The van der Waals surface area contributed by atoms with Crippen LogP contribution in [-0.4, -0.2) is 46.7 Å². The second-order valence-corrected chi connectivity index (χ2v) is 6.83. The predicted molar refractivity (Wildman–Crippen MR) is 83.6 cm³/mol. The molecule has 1 aliphatic rings. The number of amides is 1. The highest BCUT2D eigenvalue weighted by molar-refractivity contribution is 7.84. The summed E-state index contributed by atoms with van der Waals surface area (Å²) in [4.78, 5) is 14.0. The van der Waals surface area contributed by atoms with E-state index in [2.05, 4.69) is 5.32 Å². The third-order valence-electron chi connectivity index (χ3n) is 3.74. The van der Waals surface area contributed by atoms with E-state index in [0.29, 0.717) is 12.3 Å². The van der Waals surface area contributed by atoms with Crippen molar-refractivity contribution in [1.29, 1.82) is 0 Å². The first-order chi connectivity index (χ1) is 10.0. The number of nitrogens with one attached hydrogen (secondary N) is 1. The zero-order valence-electron chi connectivity index (χ0n) is 12.7. The summed E-state index contributed by atoms with van der Waals surface area (Å²) in [6.45, 7) is 2.35. The minimum Gasteiger partial charge on any atom is -0.497 e. The van der Waals surface area contributed by atoms with E-state index in [9.17, 15) is 9.00 Å². The number of methoxy groups -OCH3 is 1. The molecule has 6 heteroatoms. The molecule has 116 valence electrons. The SMILES string of the molecule is COc1ccc(C2NCC(=O)N2C(C)CCS(C)=O)cc1. The van der Waals surface area contributed by atoms with Gasteiger partial charge < -0.3 is 9.64 Å². The van der Waals surface area contributed by atoms with Gasteiger partial charge in [0.15, 0.2) is 0 Å². The first-order valence-corrected chi connectivity index (χ1v) is 8.74. The number of carbonyl (C=O) groups excluding carboxylic acids is 1. The highest BCUT2D eigenvalue weighted by Crippen LogP contribution is 2.27. The van der Waals surface area contributed by atoms with Crippen molar-refractivity contribution in [2.45, 2.75) is 25.6 Å². The van der Waals surface area contributed by atoms with Gasteiger partial charge in [0, 0.05) is 28.9 Å². The Balaban J connectivity index is 2.13. The van der Waals surface area contributed by atoms with Crippen LogP contribution >= 0.6 is 0 Å². The van der Waals surface area contributed by atoms with Gasteiger partial charge in [0.2, 0.25) is 5.91 Å². The van der Waals surface area contributed by atoms with Crippen LogP contribution < -0.4 is 10.1 Å². The van der Waals surface area contributed by atoms with E-state index in [1.807, 2.05) is 36.1 Å². The fraction of sp³-hybridized carbons (Fsp3) is 0.533. The number of carbonyl (C=O) groups is 1. The lowest BCUT2D eigenvalue weighted by Gasteiger charge is -2.30. The van der Waals surface area contributed by atoms with Gasteiger partial charge in [0.25, 0.3) is 0 Å². The lowest BCUT2D eigenvalue weighted by molar-refractivity contribution is -0.130. The number of hydrogen-bond acceptors (Lipinski definition) is 4. The molecule has 0 aliphatic carbocycles. The summed E-state index contributed by atoms with van der Waals surface area (Å²) < 4.78 is 16.4. The molecule has 0 radical (unpaired) electrons. The summed E-state index contributed by atoms with van der Waals surface area (Å²) in [7, 11) is 0.798. The second-order valence-electron chi connectivity index (χ2n) is 5.27. The Bertz CT molecular complexity index is 518. The molecule has 1 aliphatic heterocycles. The highest BCUT2D eigenvalue weighted by Gasteiger charge is 2.34. The molecule has 1 N–H and O–H groups in total. The van der Waals surface area contributed by atoms with Crippen LogP contribution in [0.25, 0.3) is 0 Å². The molecule has 1 aromatic rings. The Morgan fingerprint density at radius 3 is 2.67 bits per heavy atom. The van der Waals surface area contributed by atoms with Crippen molar-refractivity contribution in [2.24, 2.45) is 0 Å². The largest absolute Gasteiger partial charge is 0.497 e. The normalized spacial score (nSPS) is 21.4. The van der Waals surface area contributed by atoms with Crippen molar-refractivity contribution in [2.75, 3.05) is 25.7 Å². The Hall–Kier alpha value is -1.40. The van der Waals surface area contributed by atoms with Crippen LogP contribution in [0.4, 0.5) is 0 Å². The third kappa shape index (κ3) is 3.83. The number of rotatable bonds is 6. The maximum Gasteiger partial charge on any atom is 0.238 e. The molecule has 1 saturated heterocycles. The first-order valence-electron chi connectivity index (χ1n) is 7.01. The molecule has 3 unspecified atom stereocenters. The Morgan fingerprint density at radius 2 is 2.10 bits per heavy atom. The lowest BCUT2D eigenvalue weighted by Crippen LogP contribution is -2.38. The molecule has 5 nitrogen and oxygen atoms in total. The van der Waals surface area contributed by atoms with E-state index in [1.54, 1.807) is 13.4 Å². The highest BCUT2D eigenvalue weighted by atomic mass is 32.2. The smallest absolute Gasteiger partial charge is 0.238 e. The average Bonchev–Trinajstić information content (AvgIpc) is 2.86. The molecule has 1 aromatic carbocycles. The first kappa shape index (κ1) is 16.0.